The number of rotatable bonds is 2. The topological polar surface area (TPSA) is 58.4 Å². The second kappa shape index (κ2) is 6.59. The van der Waals surface area contributed by atoms with Crippen LogP contribution in [-0.4, -0.2) is 22.5 Å². The number of amides is 2. The molecule has 0 aliphatic carbocycles. The number of furan rings is 1. The highest BCUT2D eigenvalue weighted by Gasteiger charge is 2.28. The molecule has 1 saturated heterocycles. The number of fused-ring (bicyclic) bond motifs is 1. The number of carbonyl (C=O) groups excluding carboxylic acids is 1. The van der Waals surface area contributed by atoms with E-state index >= 15 is 0 Å². The van der Waals surface area contributed by atoms with Gasteiger partial charge in [-0.05, 0) is 62.6 Å². The Labute approximate surface area is 146 Å². The van der Waals surface area contributed by atoms with Crippen molar-refractivity contribution in [2.75, 3.05) is 11.9 Å². The number of piperidine rings is 1. The zero-order valence-corrected chi connectivity index (χ0v) is 14.2. The Morgan fingerprint density at radius 2 is 2.16 bits per heavy atom. The first kappa shape index (κ1) is 15.7. The fourth-order valence-electron chi connectivity index (χ4n) is 3.50. The molecule has 1 aromatic carbocycles. The fraction of sp³-hybridized carbons (Fsp3) is 0.300. The minimum atomic E-state index is -0.0741. The number of hydrogen-bond donors (Lipinski definition) is 1. The van der Waals surface area contributed by atoms with E-state index in [1.165, 1.54) is 0 Å². The molecule has 5 nitrogen and oxygen atoms in total. The summed E-state index contributed by atoms with van der Waals surface area (Å²) in [5, 5.41) is 4.03. The number of urea groups is 1. The van der Waals surface area contributed by atoms with E-state index in [1.807, 2.05) is 54.3 Å². The van der Waals surface area contributed by atoms with Gasteiger partial charge in [0.25, 0.3) is 0 Å². The summed E-state index contributed by atoms with van der Waals surface area (Å²) >= 11 is 0. The lowest BCUT2D eigenvalue weighted by molar-refractivity contribution is 0.161. The molecule has 128 valence electrons. The molecule has 5 heteroatoms. The predicted molar refractivity (Wildman–Crippen MR) is 97.5 cm³/mol. The minimum Gasteiger partial charge on any atom is -0.461 e. The number of likely N-dealkylation sites (tertiary alicyclic amines) is 1. The molecule has 3 heterocycles. The number of nitrogens with zero attached hydrogens (tertiary/aromatic N) is 2. The maximum atomic E-state index is 12.9. The molecule has 3 aromatic rings. The monoisotopic (exact) mass is 335 g/mol. The van der Waals surface area contributed by atoms with Crippen molar-refractivity contribution in [3.8, 4) is 0 Å². The van der Waals surface area contributed by atoms with Crippen molar-refractivity contribution in [2.45, 2.75) is 32.2 Å². The molecule has 1 aliphatic heterocycles. The highest BCUT2D eigenvalue weighted by molar-refractivity contribution is 5.92. The zero-order chi connectivity index (χ0) is 17.2. The largest absolute Gasteiger partial charge is 0.461 e. The summed E-state index contributed by atoms with van der Waals surface area (Å²) in [6, 6.07) is 13.5. The number of nitrogens with one attached hydrogen (secondary N) is 1. The number of carbonyl (C=O) groups is 1. The van der Waals surface area contributed by atoms with Crippen LogP contribution in [0.15, 0.2) is 53.1 Å². The van der Waals surface area contributed by atoms with Crippen molar-refractivity contribution in [3.63, 3.8) is 0 Å². The van der Waals surface area contributed by atoms with Crippen LogP contribution in [-0.2, 0) is 0 Å². The van der Waals surface area contributed by atoms with Crippen LogP contribution in [0, 0.1) is 6.92 Å². The van der Waals surface area contributed by atoms with E-state index in [9.17, 15) is 4.79 Å². The molecule has 4 rings (SSSR count). The Bertz CT molecular complexity index is 888. The number of hydrogen-bond acceptors (Lipinski definition) is 3. The van der Waals surface area contributed by atoms with Gasteiger partial charge < -0.3 is 14.6 Å². The van der Waals surface area contributed by atoms with E-state index < -0.39 is 0 Å². The first-order valence-corrected chi connectivity index (χ1v) is 8.69. The summed E-state index contributed by atoms with van der Waals surface area (Å²) in [7, 11) is 0. The maximum absolute atomic E-state index is 12.9. The summed E-state index contributed by atoms with van der Waals surface area (Å²) in [4.78, 5) is 19.2. The molecule has 0 saturated carbocycles. The second-order valence-corrected chi connectivity index (χ2v) is 6.50. The molecular formula is C20H21N3O2. The third kappa shape index (κ3) is 3.22. The van der Waals surface area contributed by atoms with Gasteiger partial charge in [-0.2, -0.15) is 0 Å². The summed E-state index contributed by atoms with van der Waals surface area (Å²) in [6.07, 6.45) is 4.88. The third-order valence-corrected chi connectivity index (χ3v) is 4.68. The van der Waals surface area contributed by atoms with Crippen molar-refractivity contribution >= 4 is 22.7 Å². The van der Waals surface area contributed by atoms with Crippen LogP contribution >= 0.6 is 0 Å². The second-order valence-electron chi connectivity index (χ2n) is 6.50. The van der Waals surface area contributed by atoms with Crippen molar-refractivity contribution in [2.24, 2.45) is 0 Å². The Morgan fingerprint density at radius 3 is 3.00 bits per heavy atom. The van der Waals surface area contributed by atoms with Gasteiger partial charge in [0.05, 0.1) is 11.7 Å². The Morgan fingerprint density at radius 1 is 1.24 bits per heavy atom. The minimum absolute atomic E-state index is 0.0369. The summed E-state index contributed by atoms with van der Waals surface area (Å²) in [5.41, 5.74) is 2.57. The lowest BCUT2D eigenvalue weighted by Crippen LogP contribution is -2.41. The summed E-state index contributed by atoms with van der Waals surface area (Å²) < 4.78 is 5.59. The van der Waals surface area contributed by atoms with Crippen LogP contribution in [0.25, 0.3) is 11.0 Å². The molecule has 1 aliphatic rings. The van der Waals surface area contributed by atoms with Gasteiger partial charge in [-0.25, -0.2) is 4.79 Å². The molecular weight excluding hydrogens is 314 g/mol. The van der Waals surface area contributed by atoms with E-state index in [1.54, 1.807) is 6.20 Å². The smallest absolute Gasteiger partial charge is 0.322 e. The SMILES string of the molecule is Cc1cc2cc(NC(=O)N3CCCC[C@H]3c3ccccn3)ccc2o1. The number of aryl methyl sites for hydroxylation is 1. The fourth-order valence-corrected chi connectivity index (χ4v) is 3.50. The first-order valence-electron chi connectivity index (χ1n) is 8.69. The number of benzene rings is 1. The molecule has 2 aromatic heterocycles. The Kier molecular flexibility index (Phi) is 4.14. The van der Waals surface area contributed by atoms with Crippen LogP contribution < -0.4 is 5.32 Å². The van der Waals surface area contributed by atoms with Gasteiger partial charge in [0.15, 0.2) is 0 Å². The molecule has 1 fully saturated rings. The normalized spacial score (nSPS) is 17.6. The molecule has 25 heavy (non-hydrogen) atoms. The third-order valence-electron chi connectivity index (χ3n) is 4.68. The molecule has 0 bridgehead atoms. The van der Waals surface area contributed by atoms with Crippen molar-refractivity contribution in [3.05, 3.63) is 60.1 Å². The molecule has 1 atom stereocenters. The zero-order valence-electron chi connectivity index (χ0n) is 14.2. The van der Waals surface area contributed by atoms with Crippen LogP contribution in [0.3, 0.4) is 0 Å². The molecule has 0 unspecified atom stereocenters. The van der Waals surface area contributed by atoms with Gasteiger partial charge in [-0.1, -0.05) is 6.07 Å². The van der Waals surface area contributed by atoms with Crippen molar-refractivity contribution in [1.82, 2.24) is 9.88 Å². The van der Waals surface area contributed by atoms with Crippen molar-refractivity contribution in [1.29, 1.82) is 0 Å². The molecule has 1 N–H and O–H groups in total. The number of pyridine rings is 1. The van der Waals surface area contributed by atoms with Gasteiger partial charge in [-0.3, -0.25) is 4.98 Å². The molecule has 0 spiro atoms. The van der Waals surface area contributed by atoms with Gasteiger partial charge in [0.1, 0.15) is 11.3 Å². The van der Waals surface area contributed by atoms with Crippen LogP contribution in [0.5, 0.6) is 0 Å². The quantitative estimate of drug-likeness (QED) is 0.725. The van der Waals surface area contributed by atoms with E-state index in [0.717, 1.165) is 53.9 Å². The van der Waals surface area contributed by atoms with E-state index in [0.29, 0.717) is 0 Å². The van der Waals surface area contributed by atoms with Crippen LogP contribution in [0.1, 0.15) is 36.8 Å². The number of anilines is 1. The highest BCUT2D eigenvalue weighted by Crippen LogP contribution is 2.30. The summed E-state index contributed by atoms with van der Waals surface area (Å²) in [6.45, 7) is 2.67. The lowest BCUT2D eigenvalue weighted by Gasteiger charge is -2.35. The number of aromatic nitrogens is 1. The lowest BCUT2D eigenvalue weighted by atomic mass is 9.99. The Hall–Kier alpha value is -2.82. The highest BCUT2D eigenvalue weighted by atomic mass is 16.3. The maximum Gasteiger partial charge on any atom is 0.322 e. The van der Waals surface area contributed by atoms with E-state index in [-0.39, 0.29) is 12.1 Å². The van der Waals surface area contributed by atoms with Crippen LogP contribution in [0.2, 0.25) is 0 Å². The molecule has 2 amide bonds. The van der Waals surface area contributed by atoms with Crippen LogP contribution in [0.4, 0.5) is 10.5 Å². The average molecular weight is 335 g/mol. The van der Waals surface area contributed by atoms with Crippen molar-refractivity contribution < 1.29 is 9.21 Å². The average Bonchev–Trinajstić information content (AvgIpc) is 3.02. The summed E-state index contributed by atoms with van der Waals surface area (Å²) in [5.74, 6) is 0.865. The standard InChI is InChI=1S/C20H21N3O2/c1-14-12-15-13-16(8-9-19(15)25-14)22-20(24)23-11-5-3-7-18(23)17-6-2-4-10-21-17/h2,4,6,8-10,12-13,18H,3,5,7,11H2,1H3,(H,22,24)/t18-/m0/s1. The van der Waals surface area contributed by atoms with Gasteiger partial charge in [-0.15, -0.1) is 0 Å². The molecule has 0 radical (unpaired) electrons. The Balaban J connectivity index is 1.55. The predicted octanol–water partition coefficient (Wildman–Crippen LogP) is 4.90. The van der Waals surface area contributed by atoms with E-state index in [2.05, 4.69) is 10.3 Å². The van der Waals surface area contributed by atoms with Gasteiger partial charge in [0, 0.05) is 23.8 Å². The van der Waals surface area contributed by atoms with Gasteiger partial charge >= 0.3 is 6.03 Å². The first-order chi connectivity index (χ1) is 12.2. The van der Waals surface area contributed by atoms with E-state index in [4.69, 9.17) is 4.42 Å². The van der Waals surface area contributed by atoms with Gasteiger partial charge in [0.2, 0.25) is 0 Å².